The summed E-state index contributed by atoms with van der Waals surface area (Å²) in [5, 5.41) is 0. The maximum Gasteiger partial charge on any atom is 0.314 e. The van der Waals surface area contributed by atoms with Crippen molar-refractivity contribution in [3.8, 4) is 0 Å². The largest absolute Gasteiger partial charge is 0.437 e. The van der Waals surface area contributed by atoms with Gasteiger partial charge in [0.2, 0.25) is 0 Å². The summed E-state index contributed by atoms with van der Waals surface area (Å²) >= 11 is 0. The van der Waals surface area contributed by atoms with Gasteiger partial charge in [-0.15, -0.1) is 0 Å². The number of ether oxygens (including phenoxy) is 3. The van der Waals surface area contributed by atoms with Crippen molar-refractivity contribution in [3.05, 3.63) is 0 Å². The summed E-state index contributed by atoms with van der Waals surface area (Å²) in [6.45, 7) is 22.5. The molecule has 5 nitrogen and oxygen atoms in total. The van der Waals surface area contributed by atoms with E-state index in [9.17, 15) is 0 Å². The van der Waals surface area contributed by atoms with Gasteiger partial charge in [-0.05, 0) is 77.6 Å². The first-order chi connectivity index (χ1) is 13.0. The second kappa shape index (κ2) is 15.3. The molecule has 28 heavy (non-hydrogen) atoms. The van der Waals surface area contributed by atoms with E-state index in [-0.39, 0.29) is 0 Å². The molecule has 0 atom stereocenters. The van der Waals surface area contributed by atoms with Gasteiger partial charge in [-0.25, -0.2) is 0 Å². The molecule has 0 fully saturated rings. The molecule has 0 aliphatic heterocycles. The highest BCUT2D eigenvalue weighted by Gasteiger charge is 2.39. The predicted molar refractivity (Wildman–Crippen MR) is 127 cm³/mol. The van der Waals surface area contributed by atoms with Crippen molar-refractivity contribution < 1.29 is 22.4 Å². The second-order valence-electron chi connectivity index (χ2n) is 9.56. The zero-order valence-electron chi connectivity index (χ0n) is 20.0. The Bertz CT molecular complexity index is 354. The number of hydrogen-bond donors (Lipinski definition) is 0. The van der Waals surface area contributed by atoms with Crippen LogP contribution < -0.4 is 0 Å². The van der Waals surface area contributed by atoms with E-state index in [1.165, 1.54) is 6.42 Å². The van der Waals surface area contributed by atoms with Gasteiger partial charge < -0.3 is 22.4 Å². The first kappa shape index (κ1) is 28.5. The van der Waals surface area contributed by atoms with Crippen molar-refractivity contribution in [1.82, 2.24) is 0 Å². The van der Waals surface area contributed by atoms with E-state index >= 15 is 0 Å². The molecule has 0 rings (SSSR count). The van der Waals surface area contributed by atoms with E-state index in [2.05, 4.69) is 52.8 Å². The van der Waals surface area contributed by atoms with Crippen molar-refractivity contribution in [1.29, 1.82) is 0 Å². The van der Waals surface area contributed by atoms with Crippen molar-refractivity contribution in [2.75, 3.05) is 39.6 Å². The van der Waals surface area contributed by atoms with Gasteiger partial charge in [0.1, 0.15) is 0 Å². The van der Waals surface area contributed by atoms with Gasteiger partial charge >= 0.3 is 8.56 Å². The molecule has 0 heterocycles. The SMILES string of the molecule is CCCCOCCCOCCOCCCC[Si](C)(O[Si](C)(C)C)O[Si](C)(C)C. The van der Waals surface area contributed by atoms with Gasteiger partial charge in [-0.3, -0.25) is 0 Å². The molecule has 0 amide bonds. The van der Waals surface area contributed by atoms with Crippen LogP contribution in [0, 0.1) is 0 Å². The minimum absolute atomic E-state index is 0.666. The van der Waals surface area contributed by atoms with Crippen LogP contribution in [0.5, 0.6) is 0 Å². The van der Waals surface area contributed by atoms with Gasteiger partial charge in [0.15, 0.2) is 16.6 Å². The van der Waals surface area contributed by atoms with Crippen LogP contribution in [-0.4, -0.2) is 64.8 Å². The molecule has 0 radical (unpaired) electrons. The molecular weight excluding hydrogens is 404 g/mol. The lowest BCUT2D eigenvalue weighted by atomic mass is 10.4. The molecule has 8 heteroatoms. The van der Waals surface area contributed by atoms with Crippen LogP contribution in [0.2, 0.25) is 51.9 Å². The quantitative estimate of drug-likeness (QED) is 0.183. The van der Waals surface area contributed by atoms with E-state index in [0.29, 0.717) is 13.2 Å². The summed E-state index contributed by atoms with van der Waals surface area (Å²) in [4.78, 5) is 0. The molecule has 0 aromatic rings. The smallest absolute Gasteiger partial charge is 0.314 e. The maximum atomic E-state index is 6.53. The van der Waals surface area contributed by atoms with Gasteiger partial charge in [-0.1, -0.05) is 13.3 Å². The molecule has 0 aliphatic carbocycles. The fourth-order valence-corrected chi connectivity index (χ4v) is 15.6. The average molecular weight is 453 g/mol. The highest BCUT2D eigenvalue weighted by molar-refractivity contribution is 6.87. The van der Waals surface area contributed by atoms with Gasteiger partial charge in [0.25, 0.3) is 0 Å². The summed E-state index contributed by atoms with van der Waals surface area (Å²) in [6.07, 6.45) is 5.45. The Hall–Kier alpha value is 0.451. The number of unbranched alkanes of at least 4 members (excludes halogenated alkanes) is 2. The summed E-state index contributed by atoms with van der Waals surface area (Å²) in [5.41, 5.74) is 0. The number of rotatable bonds is 19. The average Bonchev–Trinajstić information content (AvgIpc) is 2.51. The summed E-state index contributed by atoms with van der Waals surface area (Å²) < 4.78 is 29.9. The summed E-state index contributed by atoms with van der Waals surface area (Å²) in [6, 6.07) is 1.05. The fraction of sp³-hybridized carbons (Fsp3) is 1.00. The van der Waals surface area contributed by atoms with Crippen LogP contribution in [-0.2, 0) is 22.4 Å². The van der Waals surface area contributed by atoms with Crippen molar-refractivity contribution >= 4 is 25.2 Å². The molecule has 0 saturated heterocycles. The first-order valence-electron chi connectivity index (χ1n) is 11.1. The molecule has 0 unspecified atom stereocenters. The van der Waals surface area contributed by atoms with Crippen LogP contribution in [0.25, 0.3) is 0 Å². The normalized spacial score (nSPS) is 13.3. The predicted octanol–water partition coefficient (Wildman–Crippen LogP) is 5.78. The molecule has 0 aromatic heterocycles. The monoisotopic (exact) mass is 452 g/mol. The molecule has 0 saturated carbocycles. The fourth-order valence-electron chi connectivity index (χ4n) is 3.00. The maximum absolute atomic E-state index is 6.53. The van der Waals surface area contributed by atoms with Crippen LogP contribution in [0.4, 0.5) is 0 Å². The molecular formula is C20H48O5Si3. The third kappa shape index (κ3) is 19.8. The summed E-state index contributed by atoms with van der Waals surface area (Å²) in [5.74, 6) is 0. The van der Waals surface area contributed by atoms with Crippen molar-refractivity contribution in [2.24, 2.45) is 0 Å². The Morgan fingerprint density at radius 1 is 0.500 bits per heavy atom. The van der Waals surface area contributed by atoms with Crippen LogP contribution in [0.1, 0.15) is 39.0 Å². The van der Waals surface area contributed by atoms with Gasteiger partial charge in [-0.2, -0.15) is 0 Å². The third-order valence-corrected chi connectivity index (χ3v) is 13.4. The van der Waals surface area contributed by atoms with Gasteiger partial charge in [0, 0.05) is 26.4 Å². The van der Waals surface area contributed by atoms with E-state index in [0.717, 1.165) is 58.2 Å². The Morgan fingerprint density at radius 3 is 1.39 bits per heavy atom. The molecule has 170 valence electrons. The van der Waals surface area contributed by atoms with E-state index < -0.39 is 25.2 Å². The van der Waals surface area contributed by atoms with Crippen molar-refractivity contribution in [3.63, 3.8) is 0 Å². The highest BCUT2D eigenvalue weighted by atomic mass is 28.5. The Morgan fingerprint density at radius 2 is 0.929 bits per heavy atom. The topological polar surface area (TPSA) is 46.2 Å². The Labute approximate surface area is 178 Å². The minimum Gasteiger partial charge on any atom is -0.437 e. The molecule has 0 spiro atoms. The lowest BCUT2D eigenvalue weighted by molar-refractivity contribution is 0.0346. The van der Waals surface area contributed by atoms with Crippen LogP contribution in [0.3, 0.4) is 0 Å². The minimum atomic E-state index is -2.09. The lowest BCUT2D eigenvalue weighted by Gasteiger charge is -2.38. The number of hydrogen-bond acceptors (Lipinski definition) is 5. The van der Waals surface area contributed by atoms with Crippen LogP contribution >= 0.6 is 0 Å². The molecule has 0 aliphatic rings. The zero-order valence-corrected chi connectivity index (χ0v) is 23.0. The Kier molecular flexibility index (Phi) is 15.5. The molecule has 0 bridgehead atoms. The first-order valence-corrected chi connectivity index (χ1v) is 20.4. The van der Waals surface area contributed by atoms with Crippen molar-refractivity contribution in [2.45, 2.75) is 90.9 Å². The highest BCUT2D eigenvalue weighted by Crippen LogP contribution is 2.25. The van der Waals surface area contributed by atoms with E-state index in [4.69, 9.17) is 22.4 Å². The van der Waals surface area contributed by atoms with Crippen LogP contribution in [0.15, 0.2) is 0 Å². The lowest BCUT2D eigenvalue weighted by Crippen LogP contribution is -2.52. The standard InChI is InChI=1S/C20H48O5Si3/c1-9-10-14-21-16-13-17-23-19-18-22-15-11-12-20-28(8,24-26(2,3)4)25-27(5,6)7/h9-20H2,1-8H3. The van der Waals surface area contributed by atoms with E-state index in [1.807, 2.05) is 0 Å². The Balaban J connectivity index is 3.75. The molecule has 0 aromatic carbocycles. The third-order valence-electron chi connectivity index (χ3n) is 3.81. The zero-order chi connectivity index (χ0) is 21.5. The summed E-state index contributed by atoms with van der Waals surface area (Å²) in [7, 11) is -5.29. The molecule has 0 N–H and O–H groups in total. The van der Waals surface area contributed by atoms with E-state index in [1.54, 1.807) is 0 Å². The van der Waals surface area contributed by atoms with Gasteiger partial charge in [0.05, 0.1) is 13.2 Å². The second-order valence-corrected chi connectivity index (χ2v) is 22.4.